The van der Waals surface area contributed by atoms with E-state index < -0.39 is 11.8 Å². The van der Waals surface area contributed by atoms with Gasteiger partial charge in [0.1, 0.15) is 5.82 Å². The van der Waals surface area contributed by atoms with Crippen molar-refractivity contribution in [1.29, 1.82) is 0 Å². The summed E-state index contributed by atoms with van der Waals surface area (Å²) < 4.78 is 13.1. The summed E-state index contributed by atoms with van der Waals surface area (Å²) in [5.41, 5.74) is 1.56. The number of hydrogen-bond donors (Lipinski definition) is 1. The maximum absolute atomic E-state index is 13.1. The summed E-state index contributed by atoms with van der Waals surface area (Å²) in [5.74, 6) is -1.65. The van der Waals surface area contributed by atoms with Crippen LogP contribution in [0.3, 0.4) is 0 Å². The minimum atomic E-state index is -1.11. The third-order valence-electron chi connectivity index (χ3n) is 2.91. The summed E-state index contributed by atoms with van der Waals surface area (Å²) in [6.45, 7) is 0.409. The predicted molar refractivity (Wildman–Crippen MR) is 71.9 cm³/mol. The molecular formula is C15H14FNO2. The molecule has 0 fully saturated rings. The minimum absolute atomic E-state index is 0.00258. The van der Waals surface area contributed by atoms with Crippen LogP contribution in [0.5, 0.6) is 0 Å². The molecule has 0 atom stereocenters. The molecule has 0 heterocycles. The van der Waals surface area contributed by atoms with Crippen LogP contribution in [0.2, 0.25) is 0 Å². The number of benzene rings is 2. The first-order chi connectivity index (χ1) is 9.08. The molecule has 0 bridgehead atoms. The van der Waals surface area contributed by atoms with Crippen LogP contribution in [0.4, 0.5) is 10.1 Å². The van der Waals surface area contributed by atoms with Crippen LogP contribution in [0.15, 0.2) is 48.5 Å². The lowest BCUT2D eigenvalue weighted by Gasteiger charge is -2.20. The van der Waals surface area contributed by atoms with Crippen molar-refractivity contribution in [1.82, 2.24) is 0 Å². The van der Waals surface area contributed by atoms with Crippen molar-refractivity contribution in [3.8, 4) is 0 Å². The van der Waals surface area contributed by atoms with Gasteiger partial charge in [0.2, 0.25) is 0 Å². The number of rotatable bonds is 4. The lowest BCUT2D eigenvalue weighted by Crippen LogP contribution is -2.18. The van der Waals surface area contributed by atoms with Crippen molar-refractivity contribution in [2.75, 3.05) is 11.9 Å². The van der Waals surface area contributed by atoms with Gasteiger partial charge in [-0.25, -0.2) is 9.18 Å². The van der Waals surface area contributed by atoms with Crippen LogP contribution in [-0.4, -0.2) is 18.1 Å². The molecule has 0 aliphatic rings. The van der Waals surface area contributed by atoms with Crippen molar-refractivity contribution in [3.63, 3.8) is 0 Å². The van der Waals surface area contributed by atoms with Crippen LogP contribution in [0.1, 0.15) is 15.9 Å². The predicted octanol–water partition coefficient (Wildman–Crippen LogP) is 3.16. The van der Waals surface area contributed by atoms with Crippen molar-refractivity contribution < 1.29 is 14.3 Å². The number of nitrogens with zero attached hydrogens (tertiary/aromatic N) is 1. The highest BCUT2D eigenvalue weighted by molar-refractivity contribution is 5.89. The largest absolute Gasteiger partial charge is 0.478 e. The van der Waals surface area contributed by atoms with E-state index >= 15 is 0 Å². The van der Waals surface area contributed by atoms with Crippen molar-refractivity contribution in [3.05, 3.63) is 65.5 Å². The second-order valence-corrected chi connectivity index (χ2v) is 4.30. The van der Waals surface area contributed by atoms with Gasteiger partial charge in [0.05, 0.1) is 5.56 Å². The summed E-state index contributed by atoms with van der Waals surface area (Å²) in [5, 5.41) is 9.09. The first-order valence-corrected chi connectivity index (χ1v) is 5.86. The number of halogens is 1. The Bertz CT molecular complexity index is 584. The van der Waals surface area contributed by atoms with E-state index in [4.69, 9.17) is 5.11 Å². The SMILES string of the molecule is CN(Cc1ccc(F)cc1C(=O)O)c1ccccc1. The summed E-state index contributed by atoms with van der Waals surface area (Å²) in [4.78, 5) is 13.0. The van der Waals surface area contributed by atoms with Gasteiger partial charge >= 0.3 is 5.97 Å². The van der Waals surface area contributed by atoms with Crippen LogP contribution in [-0.2, 0) is 6.54 Å². The smallest absolute Gasteiger partial charge is 0.336 e. The highest BCUT2D eigenvalue weighted by Crippen LogP contribution is 2.18. The molecule has 98 valence electrons. The van der Waals surface area contributed by atoms with Crippen molar-refractivity contribution in [2.24, 2.45) is 0 Å². The van der Waals surface area contributed by atoms with E-state index in [1.165, 1.54) is 12.1 Å². The van der Waals surface area contributed by atoms with Crippen LogP contribution < -0.4 is 4.90 Å². The van der Waals surface area contributed by atoms with Gasteiger partial charge in [0, 0.05) is 19.3 Å². The minimum Gasteiger partial charge on any atom is -0.478 e. The zero-order valence-electron chi connectivity index (χ0n) is 10.5. The molecule has 2 aromatic carbocycles. The van der Waals surface area contributed by atoms with Gasteiger partial charge in [-0.2, -0.15) is 0 Å². The summed E-state index contributed by atoms with van der Waals surface area (Å²) >= 11 is 0. The lowest BCUT2D eigenvalue weighted by molar-refractivity contribution is 0.0695. The van der Waals surface area contributed by atoms with Crippen LogP contribution in [0, 0.1) is 5.82 Å². The van der Waals surface area contributed by atoms with E-state index in [2.05, 4.69) is 0 Å². The molecule has 19 heavy (non-hydrogen) atoms. The number of hydrogen-bond acceptors (Lipinski definition) is 2. The van der Waals surface area contributed by atoms with E-state index in [0.717, 1.165) is 11.8 Å². The highest BCUT2D eigenvalue weighted by Gasteiger charge is 2.13. The molecule has 0 unspecified atom stereocenters. The average molecular weight is 259 g/mol. The molecule has 0 saturated heterocycles. The zero-order valence-corrected chi connectivity index (χ0v) is 10.5. The molecule has 0 spiro atoms. The van der Waals surface area contributed by atoms with Crippen LogP contribution in [0.25, 0.3) is 0 Å². The Morgan fingerprint density at radius 2 is 1.89 bits per heavy atom. The summed E-state index contributed by atoms with van der Waals surface area (Å²) in [6, 6.07) is 13.4. The topological polar surface area (TPSA) is 40.5 Å². The van der Waals surface area contributed by atoms with Gasteiger partial charge < -0.3 is 10.0 Å². The Morgan fingerprint density at radius 3 is 2.53 bits per heavy atom. The quantitative estimate of drug-likeness (QED) is 0.916. The molecule has 1 N–H and O–H groups in total. The van der Waals surface area contributed by atoms with Gasteiger partial charge in [-0.05, 0) is 29.8 Å². The zero-order chi connectivity index (χ0) is 13.8. The fourth-order valence-corrected chi connectivity index (χ4v) is 1.91. The molecular weight excluding hydrogens is 245 g/mol. The summed E-state index contributed by atoms with van der Waals surface area (Å²) in [7, 11) is 1.87. The normalized spacial score (nSPS) is 10.2. The molecule has 0 amide bonds. The van der Waals surface area contributed by atoms with Gasteiger partial charge in [-0.1, -0.05) is 24.3 Å². The van der Waals surface area contributed by atoms with E-state index in [-0.39, 0.29) is 5.56 Å². The second-order valence-electron chi connectivity index (χ2n) is 4.30. The molecule has 0 aliphatic carbocycles. The van der Waals surface area contributed by atoms with Crippen molar-refractivity contribution >= 4 is 11.7 Å². The Hall–Kier alpha value is -2.36. The van der Waals surface area contributed by atoms with E-state index in [1.807, 2.05) is 42.3 Å². The fraction of sp³-hybridized carbons (Fsp3) is 0.133. The maximum atomic E-state index is 13.1. The molecule has 3 nitrogen and oxygen atoms in total. The van der Waals surface area contributed by atoms with Gasteiger partial charge in [-0.3, -0.25) is 0 Å². The van der Waals surface area contributed by atoms with E-state index in [0.29, 0.717) is 12.1 Å². The lowest BCUT2D eigenvalue weighted by atomic mass is 10.1. The first kappa shape index (κ1) is 13.1. The number of carbonyl (C=O) groups is 1. The van der Waals surface area contributed by atoms with Crippen LogP contribution >= 0.6 is 0 Å². The van der Waals surface area contributed by atoms with Crippen molar-refractivity contribution in [2.45, 2.75) is 6.54 Å². The maximum Gasteiger partial charge on any atom is 0.336 e. The number of para-hydroxylation sites is 1. The number of anilines is 1. The molecule has 0 aromatic heterocycles. The van der Waals surface area contributed by atoms with Gasteiger partial charge in [-0.15, -0.1) is 0 Å². The average Bonchev–Trinajstić information content (AvgIpc) is 2.41. The molecule has 4 heteroatoms. The molecule has 0 radical (unpaired) electrons. The fourth-order valence-electron chi connectivity index (χ4n) is 1.91. The third kappa shape index (κ3) is 3.10. The van der Waals surface area contributed by atoms with E-state index in [1.54, 1.807) is 0 Å². The number of carboxylic acids is 1. The highest BCUT2D eigenvalue weighted by atomic mass is 19.1. The Morgan fingerprint density at radius 1 is 1.21 bits per heavy atom. The molecule has 2 aromatic rings. The molecule has 2 rings (SSSR count). The second kappa shape index (κ2) is 5.52. The monoisotopic (exact) mass is 259 g/mol. The number of carboxylic acid groups (broad SMARTS) is 1. The molecule has 0 aliphatic heterocycles. The van der Waals surface area contributed by atoms with Gasteiger partial charge in [0.25, 0.3) is 0 Å². The first-order valence-electron chi connectivity index (χ1n) is 5.86. The van der Waals surface area contributed by atoms with Gasteiger partial charge in [0.15, 0.2) is 0 Å². The Balaban J connectivity index is 2.26. The summed E-state index contributed by atoms with van der Waals surface area (Å²) in [6.07, 6.45) is 0. The Kier molecular flexibility index (Phi) is 3.80. The standard InChI is InChI=1S/C15H14FNO2/c1-17(13-5-3-2-4-6-13)10-11-7-8-12(16)9-14(11)15(18)19/h2-9H,10H2,1H3,(H,18,19). The molecule has 0 saturated carbocycles. The Labute approximate surface area is 110 Å². The third-order valence-corrected chi connectivity index (χ3v) is 2.91. The van der Waals surface area contributed by atoms with E-state index in [9.17, 15) is 9.18 Å². The number of aromatic carboxylic acids is 1.